The molecule has 0 spiro atoms. The van der Waals surface area contributed by atoms with E-state index in [1.807, 2.05) is 84.6 Å². The molecule has 7 nitrogen and oxygen atoms in total. The molecule has 1 amide bonds. The molecular weight excluding hydrogens is 412 g/mol. The minimum atomic E-state index is -0.0969. The van der Waals surface area contributed by atoms with Crippen molar-refractivity contribution in [3.8, 4) is 11.4 Å². The van der Waals surface area contributed by atoms with Gasteiger partial charge in [0.1, 0.15) is 11.5 Å². The Morgan fingerprint density at radius 1 is 1.00 bits per heavy atom. The minimum absolute atomic E-state index is 0.0969. The number of hydrogen-bond acceptors (Lipinski definition) is 4. The molecule has 0 aliphatic heterocycles. The van der Waals surface area contributed by atoms with Crippen LogP contribution in [0.3, 0.4) is 0 Å². The fraction of sp³-hybridized carbons (Fsp3) is 0.154. The zero-order valence-electron chi connectivity index (χ0n) is 18.3. The summed E-state index contributed by atoms with van der Waals surface area (Å²) < 4.78 is 4.12. The molecule has 0 atom stereocenters. The Balaban J connectivity index is 1.41. The normalized spacial score (nSPS) is 11.1. The molecule has 5 rings (SSSR count). The second-order valence-corrected chi connectivity index (χ2v) is 7.93. The Labute approximate surface area is 191 Å². The van der Waals surface area contributed by atoms with E-state index in [9.17, 15) is 4.79 Å². The van der Waals surface area contributed by atoms with Gasteiger partial charge in [-0.25, -0.2) is 4.98 Å². The highest BCUT2D eigenvalue weighted by Crippen LogP contribution is 2.26. The first-order valence-corrected chi connectivity index (χ1v) is 10.9. The lowest BCUT2D eigenvalue weighted by Gasteiger charge is -2.04. The van der Waals surface area contributed by atoms with E-state index in [1.165, 1.54) is 0 Å². The summed E-state index contributed by atoms with van der Waals surface area (Å²) in [5.74, 6) is 0.808. The molecule has 1 N–H and O–H groups in total. The first-order chi connectivity index (χ1) is 16.2. The van der Waals surface area contributed by atoms with Gasteiger partial charge in [-0.2, -0.15) is 0 Å². The van der Waals surface area contributed by atoms with Gasteiger partial charge in [0.05, 0.1) is 23.3 Å². The third-order valence-corrected chi connectivity index (χ3v) is 5.66. The van der Waals surface area contributed by atoms with Crippen molar-refractivity contribution < 1.29 is 4.79 Å². The van der Waals surface area contributed by atoms with Crippen molar-refractivity contribution in [1.29, 1.82) is 0 Å². The quantitative estimate of drug-likeness (QED) is 0.420. The van der Waals surface area contributed by atoms with Crippen molar-refractivity contribution in [2.24, 2.45) is 0 Å². The summed E-state index contributed by atoms with van der Waals surface area (Å²) in [6, 6.07) is 15.7. The number of amides is 1. The van der Waals surface area contributed by atoms with Gasteiger partial charge in [-0.05, 0) is 54.8 Å². The van der Waals surface area contributed by atoms with E-state index in [2.05, 4.69) is 19.9 Å². The Hall–Kier alpha value is -4.26. The van der Waals surface area contributed by atoms with Crippen molar-refractivity contribution in [3.63, 3.8) is 0 Å². The number of hydrogen-bond donors (Lipinski definition) is 1. The molecule has 5 heterocycles. The Morgan fingerprint density at radius 2 is 1.79 bits per heavy atom. The van der Waals surface area contributed by atoms with Crippen molar-refractivity contribution in [2.45, 2.75) is 19.9 Å². The first kappa shape index (κ1) is 20.6. The van der Waals surface area contributed by atoms with Crippen molar-refractivity contribution >= 4 is 11.4 Å². The summed E-state index contributed by atoms with van der Waals surface area (Å²) in [7, 11) is 0. The smallest absolute Gasteiger partial charge is 0.253 e. The zero-order chi connectivity index (χ0) is 22.6. The zero-order valence-corrected chi connectivity index (χ0v) is 18.3. The SMILES string of the molecule is Cc1nc(-c2cc(C(=O)NCCc3cccnc3)c3ccccn23)cn1Cc1cccnc1. The van der Waals surface area contributed by atoms with E-state index in [0.717, 1.165) is 40.3 Å². The van der Waals surface area contributed by atoms with E-state index in [4.69, 9.17) is 4.98 Å². The molecule has 0 aliphatic rings. The molecule has 0 fully saturated rings. The van der Waals surface area contributed by atoms with E-state index in [1.54, 1.807) is 12.4 Å². The molecule has 164 valence electrons. The average Bonchev–Trinajstić information content (AvgIpc) is 3.41. The molecule has 0 unspecified atom stereocenters. The molecule has 0 aliphatic carbocycles. The third-order valence-electron chi connectivity index (χ3n) is 5.66. The maximum Gasteiger partial charge on any atom is 0.253 e. The summed E-state index contributed by atoms with van der Waals surface area (Å²) in [5, 5.41) is 3.04. The lowest BCUT2D eigenvalue weighted by molar-refractivity contribution is 0.0956. The molecule has 0 saturated carbocycles. The Kier molecular flexibility index (Phi) is 5.68. The lowest BCUT2D eigenvalue weighted by atomic mass is 10.2. The van der Waals surface area contributed by atoms with Gasteiger partial charge in [-0.3, -0.25) is 14.8 Å². The number of aromatic nitrogens is 5. The predicted octanol–water partition coefficient (Wildman–Crippen LogP) is 3.92. The van der Waals surface area contributed by atoms with E-state index in [-0.39, 0.29) is 5.91 Å². The van der Waals surface area contributed by atoms with Crippen LogP contribution in [-0.4, -0.2) is 36.4 Å². The molecule has 0 aromatic carbocycles. The van der Waals surface area contributed by atoms with Gasteiger partial charge < -0.3 is 14.3 Å². The van der Waals surface area contributed by atoms with E-state index >= 15 is 0 Å². The second kappa shape index (κ2) is 9.08. The number of carbonyl (C=O) groups excluding carboxylic acids is 1. The molecule has 0 saturated heterocycles. The van der Waals surface area contributed by atoms with Gasteiger partial charge in [0.2, 0.25) is 0 Å². The summed E-state index contributed by atoms with van der Waals surface area (Å²) in [5.41, 5.74) is 5.40. The van der Waals surface area contributed by atoms with Gasteiger partial charge in [0, 0.05) is 43.7 Å². The average molecular weight is 437 g/mol. The number of nitrogens with zero attached hydrogens (tertiary/aromatic N) is 5. The predicted molar refractivity (Wildman–Crippen MR) is 127 cm³/mol. The van der Waals surface area contributed by atoms with Crippen LogP contribution in [0.2, 0.25) is 0 Å². The number of aryl methyl sites for hydroxylation is 1. The number of imidazole rings is 1. The monoisotopic (exact) mass is 436 g/mol. The van der Waals surface area contributed by atoms with Gasteiger partial charge >= 0.3 is 0 Å². The van der Waals surface area contributed by atoms with Crippen LogP contribution < -0.4 is 5.32 Å². The van der Waals surface area contributed by atoms with Crippen LogP contribution >= 0.6 is 0 Å². The van der Waals surface area contributed by atoms with Crippen LogP contribution in [0.4, 0.5) is 0 Å². The summed E-state index contributed by atoms with van der Waals surface area (Å²) in [6.07, 6.45) is 11.9. The third kappa shape index (κ3) is 4.39. The molecule has 33 heavy (non-hydrogen) atoms. The summed E-state index contributed by atoms with van der Waals surface area (Å²) in [4.78, 5) is 26.1. The number of fused-ring (bicyclic) bond motifs is 1. The number of carbonyl (C=O) groups is 1. The molecule has 5 aromatic heterocycles. The fourth-order valence-electron chi connectivity index (χ4n) is 3.97. The summed E-state index contributed by atoms with van der Waals surface area (Å²) >= 11 is 0. The highest BCUT2D eigenvalue weighted by Gasteiger charge is 2.18. The van der Waals surface area contributed by atoms with Crippen molar-refractivity contribution in [2.75, 3.05) is 6.54 Å². The minimum Gasteiger partial charge on any atom is -0.352 e. The molecule has 5 aromatic rings. The molecular formula is C26H24N6O. The fourth-order valence-corrected chi connectivity index (χ4v) is 3.97. The topological polar surface area (TPSA) is 77.1 Å². The van der Waals surface area contributed by atoms with Crippen molar-refractivity contribution in [1.82, 2.24) is 29.2 Å². The maximum atomic E-state index is 13.0. The highest BCUT2D eigenvalue weighted by atomic mass is 16.1. The van der Waals surface area contributed by atoms with Crippen LogP contribution in [0, 0.1) is 6.92 Å². The van der Waals surface area contributed by atoms with Gasteiger partial charge in [0.25, 0.3) is 5.91 Å². The Morgan fingerprint density at radius 3 is 2.55 bits per heavy atom. The molecule has 7 heteroatoms. The Bertz CT molecular complexity index is 1390. The number of pyridine rings is 3. The van der Waals surface area contributed by atoms with Crippen LogP contribution in [-0.2, 0) is 13.0 Å². The van der Waals surface area contributed by atoms with E-state index < -0.39 is 0 Å². The van der Waals surface area contributed by atoms with Crippen molar-refractivity contribution in [3.05, 3.63) is 108 Å². The van der Waals surface area contributed by atoms with Crippen LogP contribution in [0.25, 0.3) is 16.9 Å². The first-order valence-electron chi connectivity index (χ1n) is 10.9. The van der Waals surface area contributed by atoms with Gasteiger partial charge in [-0.15, -0.1) is 0 Å². The standard InChI is InChI=1S/C26H24N6O/c1-19-30-23(18-31(19)17-21-7-5-11-28-16-21)25-14-22(24-8-2-3-13-32(24)25)26(33)29-12-9-20-6-4-10-27-15-20/h2-8,10-11,13-16,18H,9,12,17H2,1H3,(H,29,33). The molecule has 0 radical (unpaired) electrons. The number of rotatable bonds is 7. The second-order valence-electron chi connectivity index (χ2n) is 7.93. The van der Waals surface area contributed by atoms with Gasteiger partial charge in [-0.1, -0.05) is 18.2 Å². The highest BCUT2D eigenvalue weighted by molar-refractivity contribution is 6.02. The largest absolute Gasteiger partial charge is 0.352 e. The van der Waals surface area contributed by atoms with Crippen LogP contribution in [0.1, 0.15) is 27.3 Å². The number of nitrogens with one attached hydrogen (secondary N) is 1. The lowest BCUT2D eigenvalue weighted by Crippen LogP contribution is -2.25. The van der Waals surface area contributed by atoms with E-state index in [0.29, 0.717) is 18.7 Å². The summed E-state index contributed by atoms with van der Waals surface area (Å²) in [6.45, 7) is 3.22. The maximum absolute atomic E-state index is 13.0. The molecule has 0 bridgehead atoms. The van der Waals surface area contributed by atoms with Gasteiger partial charge in [0.15, 0.2) is 0 Å². The van der Waals surface area contributed by atoms with Crippen LogP contribution in [0.5, 0.6) is 0 Å². The van der Waals surface area contributed by atoms with Crippen LogP contribution in [0.15, 0.2) is 85.7 Å².